The maximum Gasteiger partial charge on any atom is 0.251 e. The third-order valence-electron chi connectivity index (χ3n) is 3.96. The van der Waals surface area contributed by atoms with Crippen LogP contribution in [0, 0.1) is 0 Å². The van der Waals surface area contributed by atoms with Gasteiger partial charge in [-0.15, -0.1) is 0 Å². The highest BCUT2D eigenvalue weighted by Gasteiger charge is 2.16. The summed E-state index contributed by atoms with van der Waals surface area (Å²) in [5.41, 5.74) is 1.93. The predicted octanol–water partition coefficient (Wildman–Crippen LogP) is 2.26. The maximum atomic E-state index is 12.4. The van der Waals surface area contributed by atoms with Crippen molar-refractivity contribution in [3.05, 3.63) is 48.0 Å². The second-order valence-electron chi connectivity index (χ2n) is 5.87. The molecule has 0 aromatic heterocycles. The van der Waals surface area contributed by atoms with E-state index in [1.54, 1.807) is 38.2 Å². The molecule has 2 aromatic rings. The molecule has 0 radical (unpaired) electrons. The van der Waals surface area contributed by atoms with Gasteiger partial charge in [0.1, 0.15) is 19.3 Å². The molecule has 3 rings (SSSR count). The fourth-order valence-electron chi connectivity index (χ4n) is 2.55. The lowest BCUT2D eigenvalue weighted by atomic mass is 10.2. The summed E-state index contributed by atoms with van der Waals surface area (Å²) in [6.45, 7) is 2.82. The standard InChI is InChI=1S/C19H21N3O4/c1-12(21-15-7-8-16-17(11-15)26-10-9-25-16)18(23)22-14-5-3-13(4-6-14)19(24)20-2/h3-8,11-12,21H,9-10H2,1-2H3,(H,20,24)(H,22,23). The Morgan fingerprint density at radius 3 is 2.31 bits per heavy atom. The molecule has 0 spiro atoms. The van der Waals surface area contributed by atoms with E-state index in [1.807, 2.05) is 18.2 Å². The summed E-state index contributed by atoms with van der Waals surface area (Å²) in [5.74, 6) is 1.01. The molecular formula is C19H21N3O4. The molecule has 0 saturated carbocycles. The van der Waals surface area contributed by atoms with Gasteiger partial charge in [0.25, 0.3) is 5.91 Å². The minimum atomic E-state index is -0.462. The van der Waals surface area contributed by atoms with Gasteiger partial charge in [0, 0.05) is 30.1 Å². The minimum Gasteiger partial charge on any atom is -0.486 e. The van der Waals surface area contributed by atoms with E-state index in [2.05, 4.69) is 16.0 Å². The van der Waals surface area contributed by atoms with Gasteiger partial charge in [-0.2, -0.15) is 0 Å². The average Bonchev–Trinajstić information content (AvgIpc) is 2.67. The smallest absolute Gasteiger partial charge is 0.251 e. The molecule has 1 heterocycles. The van der Waals surface area contributed by atoms with E-state index in [4.69, 9.17) is 9.47 Å². The fraction of sp³-hybridized carbons (Fsp3) is 0.263. The van der Waals surface area contributed by atoms with Gasteiger partial charge in [-0.1, -0.05) is 0 Å². The fourth-order valence-corrected chi connectivity index (χ4v) is 2.55. The normalized spacial score (nSPS) is 13.5. The van der Waals surface area contributed by atoms with Gasteiger partial charge >= 0.3 is 0 Å². The van der Waals surface area contributed by atoms with Crippen molar-refractivity contribution in [3.8, 4) is 11.5 Å². The van der Waals surface area contributed by atoms with Crippen LogP contribution in [0.15, 0.2) is 42.5 Å². The minimum absolute atomic E-state index is 0.170. The van der Waals surface area contributed by atoms with Gasteiger partial charge < -0.3 is 25.4 Å². The zero-order valence-corrected chi connectivity index (χ0v) is 14.7. The number of anilines is 2. The summed E-state index contributed by atoms with van der Waals surface area (Å²) in [5, 5.41) is 8.51. The zero-order valence-electron chi connectivity index (χ0n) is 14.7. The van der Waals surface area contributed by atoms with Crippen molar-refractivity contribution in [1.82, 2.24) is 5.32 Å². The Labute approximate surface area is 151 Å². The van der Waals surface area contributed by atoms with Crippen molar-refractivity contribution >= 4 is 23.2 Å². The van der Waals surface area contributed by atoms with Crippen molar-refractivity contribution in [2.75, 3.05) is 30.9 Å². The Balaban J connectivity index is 1.60. The average molecular weight is 355 g/mol. The largest absolute Gasteiger partial charge is 0.486 e. The van der Waals surface area contributed by atoms with Crippen molar-refractivity contribution in [1.29, 1.82) is 0 Å². The number of rotatable bonds is 5. The van der Waals surface area contributed by atoms with Crippen molar-refractivity contribution in [3.63, 3.8) is 0 Å². The highest BCUT2D eigenvalue weighted by molar-refractivity contribution is 5.98. The van der Waals surface area contributed by atoms with E-state index >= 15 is 0 Å². The Morgan fingerprint density at radius 2 is 1.62 bits per heavy atom. The van der Waals surface area contributed by atoms with Crippen LogP contribution in [0.4, 0.5) is 11.4 Å². The van der Waals surface area contributed by atoms with E-state index in [9.17, 15) is 9.59 Å². The number of nitrogens with one attached hydrogen (secondary N) is 3. The Morgan fingerprint density at radius 1 is 0.962 bits per heavy atom. The lowest BCUT2D eigenvalue weighted by molar-refractivity contribution is -0.116. The number of ether oxygens (including phenoxy) is 2. The molecule has 2 amide bonds. The van der Waals surface area contributed by atoms with Crippen LogP contribution in [0.5, 0.6) is 11.5 Å². The molecule has 1 aliphatic heterocycles. The molecule has 1 unspecified atom stereocenters. The molecule has 7 nitrogen and oxygen atoms in total. The molecule has 1 atom stereocenters. The van der Waals surface area contributed by atoms with Gasteiger partial charge in [-0.25, -0.2) is 0 Å². The lowest BCUT2D eigenvalue weighted by Crippen LogP contribution is -2.32. The number of fused-ring (bicyclic) bond motifs is 1. The summed E-state index contributed by atoms with van der Waals surface area (Å²) in [6, 6.07) is 11.7. The van der Waals surface area contributed by atoms with Crippen molar-refractivity contribution in [2.24, 2.45) is 0 Å². The molecule has 7 heteroatoms. The predicted molar refractivity (Wildman–Crippen MR) is 99.0 cm³/mol. The topological polar surface area (TPSA) is 88.7 Å². The second-order valence-corrected chi connectivity index (χ2v) is 5.87. The molecule has 0 fully saturated rings. The number of carbonyl (C=O) groups is 2. The lowest BCUT2D eigenvalue weighted by Gasteiger charge is -2.20. The summed E-state index contributed by atoms with van der Waals surface area (Å²) >= 11 is 0. The Kier molecular flexibility index (Phi) is 5.26. The van der Waals surface area contributed by atoms with E-state index in [0.29, 0.717) is 36.0 Å². The number of carbonyl (C=O) groups excluding carboxylic acids is 2. The molecular weight excluding hydrogens is 334 g/mol. The van der Waals surface area contributed by atoms with Crippen LogP contribution in [0.3, 0.4) is 0 Å². The van der Waals surface area contributed by atoms with Gasteiger partial charge in [-0.05, 0) is 43.3 Å². The van der Waals surface area contributed by atoms with Crippen LogP contribution in [0.25, 0.3) is 0 Å². The van der Waals surface area contributed by atoms with Crippen LogP contribution >= 0.6 is 0 Å². The summed E-state index contributed by atoms with van der Waals surface area (Å²) in [4.78, 5) is 23.9. The first-order chi connectivity index (χ1) is 12.6. The highest BCUT2D eigenvalue weighted by atomic mass is 16.6. The third-order valence-corrected chi connectivity index (χ3v) is 3.96. The number of hydrogen-bond acceptors (Lipinski definition) is 5. The van der Waals surface area contributed by atoms with Gasteiger partial charge in [0.2, 0.25) is 5.91 Å². The summed E-state index contributed by atoms with van der Waals surface area (Å²) < 4.78 is 11.0. The van der Waals surface area contributed by atoms with Crippen LogP contribution in [-0.2, 0) is 4.79 Å². The molecule has 136 valence electrons. The molecule has 0 bridgehead atoms. The van der Waals surface area contributed by atoms with Gasteiger partial charge in [0.05, 0.1) is 0 Å². The van der Waals surface area contributed by atoms with E-state index in [1.165, 1.54) is 0 Å². The van der Waals surface area contributed by atoms with E-state index in [0.717, 1.165) is 5.69 Å². The first-order valence-corrected chi connectivity index (χ1v) is 8.36. The van der Waals surface area contributed by atoms with Crippen molar-refractivity contribution < 1.29 is 19.1 Å². The second kappa shape index (κ2) is 7.77. The molecule has 3 N–H and O–H groups in total. The number of hydrogen-bond donors (Lipinski definition) is 3. The molecule has 1 aliphatic rings. The highest BCUT2D eigenvalue weighted by Crippen LogP contribution is 2.32. The molecule has 0 aliphatic carbocycles. The SMILES string of the molecule is CNC(=O)c1ccc(NC(=O)C(C)Nc2ccc3c(c2)OCCO3)cc1. The van der Waals surface area contributed by atoms with Crippen LogP contribution in [-0.4, -0.2) is 38.1 Å². The van der Waals surface area contributed by atoms with Crippen LogP contribution < -0.4 is 25.4 Å². The monoisotopic (exact) mass is 355 g/mol. The van der Waals surface area contributed by atoms with E-state index in [-0.39, 0.29) is 11.8 Å². The van der Waals surface area contributed by atoms with E-state index < -0.39 is 6.04 Å². The quantitative estimate of drug-likeness (QED) is 0.766. The summed E-state index contributed by atoms with van der Waals surface area (Å²) in [7, 11) is 1.57. The molecule has 2 aromatic carbocycles. The molecule has 26 heavy (non-hydrogen) atoms. The van der Waals surface area contributed by atoms with Crippen LogP contribution in [0.1, 0.15) is 17.3 Å². The number of benzene rings is 2. The number of amides is 2. The van der Waals surface area contributed by atoms with Gasteiger partial charge in [0.15, 0.2) is 11.5 Å². The Bertz CT molecular complexity index is 805. The van der Waals surface area contributed by atoms with Crippen molar-refractivity contribution in [2.45, 2.75) is 13.0 Å². The Hall–Kier alpha value is -3.22. The third kappa shape index (κ3) is 4.05. The molecule has 0 saturated heterocycles. The first-order valence-electron chi connectivity index (χ1n) is 8.36. The first kappa shape index (κ1) is 17.6. The summed E-state index contributed by atoms with van der Waals surface area (Å²) in [6.07, 6.45) is 0. The zero-order chi connectivity index (χ0) is 18.5. The van der Waals surface area contributed by atoms with Crippen LogP contribution in [0.2, 0.25) is 0 Å². The van der Waals surface area contributed by atoms with Gasteiger partial charge in [-0.3, -0.25) is 9.59 Å². The maximum absolute atomic E-state index is 12.4.